The first-order chi connectivity index (χ1) is 14.0. The standard InChI is InChI=1S/C24H33N3O2/c1-17(2)26-14-10-20(11-15-26)29-21-5-7-22-19(16-21)4-6-23(25-22)24(28)27-12-8-18(3)9-13-27/h4-7,16-18,20H,8-15H2,1-3H3. The van der Waals surface area contributed by atoms with Crippen molar-refractivity contribution in [3.05, 3.63) is 36.0 Å². The number of fused-ring (bicyclic) bond motifs is 1. The zero-order chi connectivity index (χ0) is 20.4. The Morgan fingerprint density at radius 3 is 2.45 bits per heavy atom. The fourth-order valence-electron chi connectivity index (χ4n) is 4.37. The molecule has 0 spiro atoms. The first-order valence-corrected chi connectivity index (χ1v) is 11.1. The summed E-state index contributed by atoms with van der Waals surface area (Å²) in [4.78, 5) is 21.9. The molecule has 0 unspecified atom stereocenters. The summed E-state index contributed by atoms with van der Waals surface area (Å²) in [6, 6.07) is 10.5. The van der Waals surface area contributed by atoms with Crippen molar-refractivity contribution in [1.82, 2.24) is 14.8 Å². The minimum absolute atomic E-state index is 0.0519. The number of hydrogen-bond acceptors (Lipinski definition) is 4. The van der Waals surface area contributed by atoms with Crippen molar-refractivity contribution in [3.8, 4) is 5.75 Å². The summed E-state index contributed by atoms with van der Waals surface area (Å²) < 4.78 is 6.24. The Bertz CT molecular complexity index is 850. The predicted molar refractivity (Wildman–Crippen MR) is 116 cm³/mol. The van der Waals surface area contributed by atoms with Crippen LogP contribution in [-0.4, -0.2) is 59.0 Å². The van der Waals surface area contributed by atoms with E-state index in [4.69, 9.17) is 4.74 Å². The van der Waals surface area contributed by atoms with Gasteiger partial charge in [-0.1, -0.05) is 13.0 Å². The van der Waals surface area contributed by atoms with E-state index in [0.717, 1.165) is 68.5 Å². The van der Waals surface area contributed by atoms with Gasteiger partial charge >= 0.3 is 0 Å². The van der Waals surface area contributed by atoms with E-state index in [1.54, 1.807) is 0 Å². The lowest BCUT2D eigenvalue weighted by molar-refractivity contribution is 0.0691. The third kappa shape index (κ3) is 4.72. The van der Waals surface area contributed by atoms with E-state index < -0.39 is 0 Å². The summed E-state index contributed by atoms with van der Waals surface area (Å²) in [5.41, 5.74) is 1.39. The highest BCUT2D eigenvalue weighted by Crippen LogP contribution is 2.25. The first kappa shape index (κ1) is 20.1. The van der Waals surface area contributed by atoms with Crippen molar-refractivity contribution in [2.45, 2.75) is 58.6 Å². The van der Waals surface area contributed by atoms with E-state index in [1.807, 2.05) is 35.2 Å². The third-order valence-electron chi connectivity index (χ3n) is 6.46. The van der Waals surface area contributed by atoms with Gasteiger partial charge in [-0.15, -0.1) is 0 Å². The number of ether oxygens (including phenoxy) is 1. The van der Waals surface area contributed by atoms with Crippen LogP contribution in [0.4, 0.5) is 0 Å². The molecule has 0 aliphatic carbocycles. The van der Waals surface area contributed by atoms with E-state index in [-0.39, 0.29) is 12.0 Å². The molecule has 4 rings (SSSR count). The molecule has 5 heteroatoms. The SMILES string of the molecule is CC1CCN(C(=O)c2ccc3cc(OC4CCN(C(C)C)CC4)ccc3n2)CC1. The Morgan fingerprint density at radius 2 is 1.76 bits per heavy atom. The van der Waals surface area contributed by atoms with Crippen LogP contribution in [0.2, 0.25) is 0 Å². The number of carbonyl (C=O) groups is 1. The molecular formula is C24H33N3O2. The van der Waals surface area contributed by atoms with E-state index in [9.17, 15) is 4.79 Å². The van der Waals surface area contributed by atoms with Crippen molar-refractivity contribution >= 4 is 16.8 Å². The van der Waals surface area contributed by atoms with Crippen LogP contribution >= 0.6 is 0 Å². The zero-order valence-corrected chi connectivity index (χ0v) is 17.9. The van der Waals surface area contributed by atoms with Crippen molar-refractivity contribution < 1.29 is 9.53 Å². The highest BCUT2D eigenvalue weighted by Gasteiger charge is 2.23. The summed E-state index contributed by atoms with van der Waals surface area (Å²) >= 11 is 0. The number of nitrogens with zero attached hydrogens (tertiary/aromatic N) is 3. The zero-order valence-electron chi connectivity index (χ0n) is 17.9. The summed E-state index contributed by atoms with van der Waals surface area (Å²) in [6.07, 6.45) is 4.57. The molecule has 0 atom stereocenters. The molecule has 0 bridgehead atoms. The van der Waals surface area contributed by atoms with Gasteiger partial charge in [-0.25, -0.2) is 4.98 Å². The van der Waals surface area contributed by atoms with Crippen molar-refractivity contribution in [2.24, 2.45) is 5.92 Å². The van der Waals surface area contributed by atoms with Gasteiger partial charge in [0.2, 0.25) is 0 Å². The number of likely N-dealkylation sites (tertiary alicyclic amines) is 2. The number of hydrogen-bond donors (Lipinski definition) is 0. The molecular weight excluding hydrogens is 362 g/mol. The normalized spacial score (nSPS) is 19.8. The largest absolute Gasteiger partial charge is 0.490 e. The monoisotopic (exact) mass is 395 g/mol. The number of rotatable bonds is 4. The number of aromatic nitrogens is 1. The number of benzene rings is 1. The maximum atomic E-state index is 12.8. The van der Waals surface area contributed by atoms with Crippen LogP contribution in [0.5, 0.6) is 5.75 Å². The van der Waals surface area contributed by atoms with Gasteiger partial charge in [0.1, 0.15) is 17.5 Å². The lowest BCUT2D eigenvalue weighted by atomic mass is 9.99. The van der Waals surface area contributed by atoms with Crippen molar-refractivity contribution in [2.75, 3.05) is 26.2 Å². The molecule has 0 saturated carbocycles. The molecule has 2 aliphatic heterocycles. The van der Waals surface area contributed by atoms with Gasteiger partial charge in [0, 0.05) is 37.6 Å². The quantitative estimate of drug-likeness (QED) is 0.772. The van der Waals surface area contributed by atoms with Gasteiger partial charge in [0.25, 0.3) is 5.91 Å². The van der Waals surface area contributed by atoms with Gasteiger partial charge in [-0.3, -0.25) is 4.79 Å². The second-order valence-corrected chi connectivity index (χ2v) is 8.97. The van der Waals surface area contributed by atoms with E-state index in [1.165, 1.54) is 0 Å². The van der Waals surface area contributed by atoms with E-state index in [2.05, 4.69) is 30.7 Å². The molecule has 0 radical (unpaired) electrons. The van der Waals surface area contributed by atoms with Crippen LogP contribution in [0, 0.1) is 5.92 Å². The molecule has 1 aromatic carbocycles. The molecule has 29 heavy (non-hydrogen) atoms. The maximum absolute atomic E-state index is 12.8. The van der Waals surface area contributed by atoms with E-state index >= 15 is 0 Å². The number of pyridine rings is 1. The Balaban J connectivity index is 1.41. The third-order valence-corrected chi connectivity index (χ3v) is 6.46. The van der Waals surface area contributed by atoms with Crippen molar-refractivity contribution in [3.63, 3.8) is 0 Å². The molecule has 5 nitrogen and oxygen atoms in total. The van der Waals surface area contributed by atoms with Gasteiger partial charge in [0.15, 0.2) is 0 Å². The van der Waals surface area contributed by atoms with E-state index in [0.29, 0.717) is 17.7 Å². The van der Waals surface area contributed by atoms with Gasteiger partial charge in [-0.05, 0) is 69.7 Å². The smallest absolute Gasteiger partial charge is 0.272 e. The van der Waals surface area contributed by atoms with Crippen LogP contribution in [0.25, 0.3) is 10.9 Å². The average molecular weight is 396 g/mol. The second kappa shape index (κ2) is 8.70. The number of carbonyl (C=O) groups excluding carboxylic acids is 1. The highest BCUT2D eigenvalue weighted by atomic mass is 16.5. The van der Waals surface area contributed by atoms with Crippen LogP contribution in [-0.2, 0) is 0 Å². The Morgan fingerprint density at radius 1 is 1.03 bits per heavy atom. The predicted octanol–water partition coefficient (Wildman–Crippen LogP) is 4.36. The van der Waals surface area contributed by atoms with Crippen LogP contribution in [0.3, 0.4) is 0 Å². The first-order valence-electron chi connectivity index (χ1n) is 11.1. The van der Waals surface area contributed by atoms with Gasteiger partial charge in [0.05, 0.1) is 5.52 Å². The molecule has 2 fully saturated rings. The summed E-state index contributed by atoms with van der Waals surface area (Å²) in [6.45, 7) is 10.6. The lowest BCUT2D eigenvalue weighted by Gasteiger charge is -2.34. The minimum atomic E-state index is 0.0519. The number of piperidine rings is 2. The second-order valence-electron chi connectivity index (χ2n) is 8.97. The summed E-state index contributed by atoms with van der Waals surface area (Å²) in [5, 5.41) is 1.02. The summed E-state index contributed by atoms with van der Waals surface area (Å²) in [5.74, 6) is 1.65. The topological polar surface area (TPSA) is 45.7 Å². The van der Waals surface area contributed by atoms with Crippen LogP contribution in [0.1, 0.15) is 56.9 Å². The molecule has 3 heterocycles. The lowest BCUT2D eigenvalue weighted by Crippen LogP contribution is -2.41. The number of amides is 1. The Hall–Kier alpha value is -2.14. The van der Waals surface area contributed by atoms with Crippen LogP contribution < -0.4 is 4.74 Å². The minimum Gasteiger partial charge on any atom is -0.490 e. The average Bonchev–Trinajstić information content (AvgIpc) is 2.74. The molecule has 1 amide bonds. The van der Waals surface area contributed by atoms with Gasteiger partial charge in [-0.2, -0.15) is 0 Å². The fraction of sp³-hybridized carbons (Fsp3) is 0.583. The highest BCUT2D eigenvalue weighted by molar-refractivity contribution is 5.95. The molecule has 156 valence electrons. The molecule has 2 aliphatic rings. The molecule has 2 saturated heterocycles. The van der Waals surface area contributed by atoms with Gasteiger partial charge < -0.3 is 14.5 Å². The Kier molecular flexibility index (Phi) is 6.04. The summed E-state index contributed by atoms with van der Waals surface area (Å²) in [7, 11) is 0. The molecule has 0 N–H and O–H groups in total. The van der Waals surface area contributed by atoms with Crippen molar-refractivity contribution in [1.29, 1.82) is 0 Å². The maximum Gasteiger partial charge on any atom is 0.272 e. The fourth-order valence-corrected chi connectivity index (χ4v) is 4.37. The Labute approximate surface area is 174 Å². The molecule has 2 aromatic rings. The van der Waals surface area contributed by atoms with Crippen LogP contribution in [0.15, 0.2) is 30.3 Å². The molecule has 1 aromatic heterocycles.